The largest absolute Gasteiger partial charge is 0.390 e. The van der Waals surface area contributed by atoms with Gasteiger partial charge in [0.15, 0.2) is 0 Å². The SMILES string of the molecule is CCn1cc(S(=O)(=O)N2CCCC(OC)C2)cc1CO. The van der Waals surface area contributed by atoms with Gasteiger partial charge in [-0.3, -0.25) is 0 Å². The Morgan fingerprint density at radius 2 is 2.25 bits per heavy atom. The van der Waals surface area contributed by atoms with Crippen LogP contribution in [-0.2, 0) is 27.9 Å². The smallest absolute Gasteiger partial charge is 0.244 e. The maximum absolute atomic E-state index is 12.6. The molecule has 6 nitrogen and oxygen atoms in total. The number of hydrogen-bond acceptors (Lipinski definition) is 4. The summed E-state index contributed by atoms with van der Waals surface area (Å²) in [6, 6.07) is 1.55. The van der Waals surface area contributed by atoms with Crippen molar-refractivity contribution in [2.75, 3.05) is 20.2 Å². The van der Waals surface area contributed by atoms with E-state index in [-0.39, 0.29) is 17.6 Å². The van der Waals surface area contributed by atoms with Gasteiger partial charge in [-0.15, -0.1) is 0 Å². The van der Waals surface area contributed by atoms with Gasteiger partial charge < -0.3 is 14.4 Å². The fraction of sp³-hybridized carbons (Fsp3) is 0.692. The van der Waals surface area contributed by atoms with Crippen LogP contribution in [-0.4, -0.2) is 48.7 Å². The Balaban J connectivity index is 2.27. The van der Waals surface area contributed by atoms with E-state index in [0.717, 1.165) is 12.8 Å². The normalized spacial score (nSPS) is 21.2. The second kappa shape index (κ2) is 6.26. The predicted molar refractivity (Wildman–Crippen MR) is 74.8 cm³/mol. The molecule has 2 rings (SSSR count). The molecule has 1 atom stereocenters. The van der Waals surface area contributed by atoms with E-state index in [1.807, 2.05) is 6.92 Å². The van der Waals surface area contributed by atoms with Gasteiger partial charge in [-0.05, 0) is 25.8 Å². The van der Waals surface area contributed by atoms with Crippen LogP contribution < -0.4 is 0 Å². The Kier molecular flexibility index (Phi) is 4.85. The van der Waals surface area contributed by atoms with Crippen molar-refractivity contribution in [1.29, 1.82) is 0 Å². The molecule has 1 N–H and O–H groups in total. The number of rotatable bonds is 5. The van der Waals surface area contributed by atoms with Gasteiger partial charge >= 0.3 is 0 Å². The summed E-state index contributed by atoms with van der Waals surface area (Å²) >= 11 is 0. The molecular formula is C13H22N2O4S. The third-order valence-electron chi connectivity index (χ3n) is 3.78. The number of hydrogen-bond donors (Lipinski definition) is 1. The van der Waals surface area contributed by atoms with Crippen molar-refractivity contribution < 1.29 is 18.3 Å². The van der Waals surface area contributed by atoms with E-state index in [2.05, 4.69) is 0 Å². The van der Waals surface area contributed by atoms with E-state index in [0.29, 0.717) is 25.3 Å². The summed E-state index contributed by atoms with van der Waals surface area (Å²) in [5, 5.41) is 9.27. The molecule has 0 radical (unpaired) electrons. The highest BCUT2D eigenvalue weighted by Crippen LogP contribution is 2.23. The van der Waals surface area contributed by atoms with Crippen molar-refractivity contribution in [2.24, 2.45) is 0 Å². The average molecular weight is 302 g/mol. The lowest BCUT2D eigenvalue weighted by molar-refractivity contribution is 0.0572. The summed E-state index contributed by atoms with van der Waals surface area (Å²) in [5.41, 5.74) is 0.617. The number of aliphatic hydroxyl groups is 1. The van der Waals surface area contributed by atoms with Gasteiger partial charge in [-0.1, -0.05) is 0 Å². The van der Waals surface area contributed by atoms with Gasteiger partial charge in [0.25, 0.3) is 0 Å². The van der Waals surface area contributed by atoms with Gasteiger partial charge in [-0.2, -0.15) is 4.31 Å². The van der Waals surface area contributed by atoms with E-state index in [9.17, 15) is 13.5 Å². The minimum absolute atomic E-state index is 0.0379. The van der Waals surface area contributed by atoms with Crippen LogP contribution in [0, 0.1) is 0 Å². The van der Waals surface area contributed by atoms with E-state index in [4.69, 9.17) is 4.74 Å². The maximum Gasteiger partial charge on any atom is 0.244 e. The van der Waals surface area contributed by atoms with E-state index in [1.54, 1.807) is 23.9 Å². The lowest BCUT2D eigenvalue weighted by Crippen LogP contribution is -2.42. The molecule has 1 aromatic heterocycles. The number of aromatic nitrogens is 1. The number of sulfonamides is 1. The van der Waals surface area contributed by atoms with Crippen LogP contribution in [0.4, 0.5) is 0 Å². The monoisotopic (exact) mass is 302 g/mol. The molecule has 1 aromatic rings. The number of ether oxygens (including phenoxy) is 1. The van der Waals surface area contributed by atoms with Crippen molar-refractivity contribution in [3.05, 3.63) is 18.0 Å². The molecule has 1 unspecified atom stereocenters. The van der Waals surface area contributed by atoms with Crippen molar-refractivity contribution in [2.45, 2.75) is 43.9 Å². The standard InChI is InChI=1S/C13H22N2O4S/c1-3-14-9-13(7-11(14)10-16)20(17,18)15-6-4-5-12(8-15)19-2/h7,9,12,16H,3-6,8,10H2,1-2H3. The van der Waals surface area contributed by atoms with Crippen molar-refractivity contribution in [3.63, 3.8) is 0 Å². The first-order valence-electron chi connectivity index (χ1n) is 6.85. The molecule has 0 aliphatic carbocycles. The maximum atomic E-state index is 12.6. The molecular weight excluding hydrogens is 280 g/mol. The third-order valence-corrected chi connectivity index (χ3v) is 5.61. The number of aryl methyl sites for hydroxylation is 1. The molecule has 20 heavy (non-hydrogen) atoms. The van der Waals surface area contributed by atoms with Crippen LogP contribution in [0.1, 0.15) is 25.5 Å². The quantitative estimate of drug-likeness (QED) is 0.873. The second-order valence-electron chi connectivity index (χ2n) is 4.97. The first-order valence-corrected chi connectivity index (χ1v) is 8.29. The Hall–Kier alpha value is -0.890. The van der Waals surface area contributed by atoms with Crippen LogP contribution in [0.5, 0.6) is 0 Å². The molecule has 0 amide bonds. The summed E-state index contributed by atoms with van der Waals surface area (Å²) in [6.07, 6.45) is 3.25. The first-order chi connectivity index (χ1) is 9.52. The number of aliphatic hydroxyl groups excluding tert-OH is 1. The highest BCUT2D eigenvalue weighted by atomic mass is 32.2. The Morgan fingerprint density at radius 1 is 1.50 bits per heavy atom. The fourth-order valence-electron chi connectivity index (χ4n) is 2.56. The second-order valence-corrected chi connectivity index (χ2v) is 6.91. The van der Waals surface area contributed by atoms with Crippen molar-refractivity contribution in [3.8, 4) is 0 Å². The zero-order valence-corrected chi connectivity index (χ0v) is 12.8. The van der Waals surface area contributed by atoms with E-state index >= 15 is 0 Å². The summed E-state index contributed by atoms with van der Waals surface area (Å²) in [5.74, 6) is 0. The van der Waals surface area contributed by atoms with Crippen LogP contribution in [0.15, 0.2) is 17.2 Å². The van der Waals surface area contributed by atoms with Crippen LogP contribution >= 0.6 is 0 Å². The number of nitrogens with zero attached hydrogens (tertiary/aromatic N) is 2. The molecule has 7 heteroatoms. The van der Waals surface area contributed by atoms with Gasteiger partial charge in [0.1, 0.15) is 4.90 Å². The first kappa shape index (κ1) is 15.5. The van der Waals surface area contributed by atoms with Crippen molar-refractivity contribution >= 4 is 10.0 Å². The summed E-state index contributed by atoms with van der Waals surface area (Å²) in [7, 11) is -1.90. The molecule has 0 spiro atoms. The van der Waals surface area contributed by atoms with Gasteiger partial charge in [-0.25, -0.2) is 8.42 Å². The molecule has 1 aliphatic heterocycles. The van der Waals surface area contributed by atoms with E-state index in [1.165, 1.54) is 4.31 Å². The van der Waals surface area contributed by atoms with Crippen LogP contribution in [0.2, 0.25) is 0 Å². The highest BCUT2D eigenvalue weighted by Gasteiger charge is 2.31. The molecule has 0 aromatic carbocycles. The number of methoxy groups -OCH3 is 1. The molecule has 114 valence electrons. The topological polar surface area (TPSA) is 71.8 Å². The zero-order chi connectivity index (χ0) is 14.8. The van der Waals surface area contributed by atoms with Gasteiger partial charge in [0.05, 0.1) is 12.7 Å². The fourth-order valence-corrected chi connectivity index (χ4v) is 4.13. The zero-order valence-electron chi connectivity index (χ0n) is 11.9. The average Bonchev–Trinajstić information content (AvgIpc) is 2.91. The molecule has 1 fully saturated rings. The lowest BCUT2D eigenvalue weighted by Gasteiger charge is -2.30. The summed E-state index contributed by atoms with van der Waals surface area (Å²) in [6.45, 7) is 3.30. The third kappa shape index (κ3) is 2.90. The molecule has 0 saturated carbocycles. The van der Waals surface area contributed by atoms with Crippen LogP contribution in [0.25, 0.3) is 0 Å². The molecule has 2 heterocycles. The molecule has 0 bridgehead atoms. The molecule has 1 aliphatic rings. The Morgan fingerprint density at radius 3 is 2.80 bits per heavy atom. The van der Waals surface area contributed by atoms with Gasteiger partial charge in [0.2, 0.25) is 10.0 Å². The minimum atomic E-state index is -3.51. The van der Waals surface area contributed by atoms with Gasteiger partial charge in [0, 0.05) is 38.6 Å². The summed E-state index contributed by atoms with van der Waals surface area (Å²) in [4.78, 5) is 0.250. The highest BCUT2D eigenvalue weighted by molar-refractivity contribution is 7.89. The Bertz CT molecular complexity index is 531. The minimum Gasteiger partial charge on any atom is -0.390 e. The van der Waals surface area contributed by atoms with E-state index < -0.39 is 10.0 Å². The Labute approximate surface area is 120 Å². The molecule has 1 saturated heterocycles. The number of piperidine rings is 1. The van der Waals surface area contributed by atoms with Crippen LogP contribution in [0.3, 0.4) is 0 Å². The predicted octanol–water partition coefficient (Wildman–Crippen LogP) is 0.800. The lowest BCUT2D eigenvalue weighted by atomic mass is 10.1. The van der Waals surface area contributed by atoms with Crippen molar-refractivity contribution in [1.82, 2.24) is 8.87 Å². The summed E-state index contributed by atoms with van der Waals surface area (Å²) < 4.78 is 33.7.